The van der Waals surface area contributed by atoms with Crippen molar-refractivity contribution in [2.75, 3.05) is 0 Å². The second-order valence-electron chi connectivity index (χ2n) is 8.30. The van der Waals surface area contributed by atoms with E-state index in [2.05, 4.69) is 5.32 Å². The fourth-order valence-electron chi connectivity index (χ4n) is 4.46. The number of aromatic nitrogens is 1. The normalized spacial score (nSPS) is 18.8. The van der Waals surface area contributed by atoms with Crippen LogP contribution in [0.1, 0.15) is 58.5 Å². The van der Waals surface area contributed by atoms with Crippen LogP contribution in [0, 0.1) is 0 Å². The van der Waals surface area contributed by atoms with E-state index in [0.717, 1.165) is 43.9 Å². The highest BCUT2D eigenvalue weighted by molar-refractivity contribution is 6.00. The van der Waals surface area contributed by atoms with Gasteiger partial charge in [0.25, 0.3) is 5.91 Å². The molecule has 168 valence electrons. The van der Waals surface area contributed by atoms with Crippen molar-refractivity contribution in [1.29, 1.82) is 0 Å². The molecular weight excluding hydrogens is 414 g/mol. The van der Waals surface area contributed by atoms with Crippen molar-refractivity contribution in [3.63, 3.8) is 0 Å². The molecular formula is C23H25N3O6. The van der Waals surface area contributed by atoms with Crippen LogP contribution in [0.3, 0.4) is 0 Å². The number of amides is 2. The smallest absolute Gasteiger partial charge is 0.341 e. The van der Waals surface area contributed by atoms with Crippen LogP contribution >= 0.6 is 0 Å². The molecule has 1 aromatic heterocycles. The molecule has 1 atom stereocenters. The van der Waals surface area contributed by atoms with Gasteiger partial charge in [-0.15, -0.1) is 0 Å². The summed E-state index contributed by atoms with van der Waals surface area (Å²) in [6.07, 6.45) is 5.96. The third kappa shape index (κ3) is 4.10. The Morgan fingerprint density at radius 1 is 1.06 bits per heavy atom. The van der Waals surface area contributed by atoms with Crippen molar-refractivity contribution >= 4 is 17.8 Å². The van der Waals surface area contributed by atoms with Gasteiger partial charge in [-0.05, 0) is 18.4 Å². The van der Waals surface area contributed by atoms with Crippen molar-refractivity contribution in [2.45, 2.75) is 57.3 Å². The summed E-state index contributed by atoms with van der Waals surface area (Å²) in [6, 6.07) is 8.22. The van der Waals surface area contributed by atoms with E-state index in [4.69, 9.17) is 0 Å². The zero-order valence-corrected chi connectivity index (χ0v) is 17.5. The Labute approximate surface area is 184 Å². The predicted octanol–water partition coefficient (Wildman–Crippen LogP) is 1.73. The molecule has 0 radical (unpaired) electrons. The quantitative estimate of drug-likeness (QED) is 0.651. The molecule has 2 aliphatic rings. The lowest BCUT2D eigenvalue weighted by atomic mass is 9.95. The Morgan fingerprint density at radius 2 is 1.75 bits per heavy atom. The average molecular weight is 439 g/mol. The first-order chi connectivity index (χ1) is 15.4. The zero-order chi connectivity index (χ0) is 22.8. The molecule has 1 saturated carbocycles. The third-order valence-corrected chi connectivity index (χ3v) is 6.15. The van der Waals surface area contributed by atoms with Crippen LogP contribution in [-0.4, -0.2) is 49.5 Å². The van der Waals surface area contributed by atoms with Gasteiger partial charge in [-0.3, -0.25) is 14.4 Å². The highest BCUT2D eigenvalue weighted by atomic mass is 16.4. The van der Waals surface area contributed by atoms with E-state index in [1.165, 1.54) is 9.47 Å². The highest BCUT2D eigenvalue weighted by Gasteiger charge is 2.40. The minimum Gasteiger partial charge on any atom is -0.503 e. The molecule has 1 unspecified atom stereocenters. The molecule has 1 aromatic carbocycles. The molecule has 9 nitrogen and oxygen atoms in total. The summed E-state index contributed by atoms with van der Waals surface area (Å²) >= 11 is 0. The van der Waals surface area contributed by atoms with Crippen LogP contribution in [0.2, 0.25) is 0 Å². The number of fused-ring (bicyclic) bond motifs is 1. The lowest BCUT2D eigenvalue weighted by molar-refractivity contribution is -0.127. The van der Waals surface area contributed by atoms with E-state index < -0.39 is 34.7 Å². The number of nitrogens with zero attached hydrogens (tertiary/aromatic N) is 2. The summed E-state index contributed by atoms with van der Waals surface area (Å²) in [6.45, 7) is 0.0390. The number of carbonyl (C=O) groups is 3. The largest absolute Gasteiger partial charge is 0.503 e. The molecule has 2 aromatic rings. The van der Waals surface area contributed by atoms with Crippen molar-refractivity contribution < 1.29 is 24.6 Å². The number of carboxylic acids is 1. The van der Waals surface area contributed by atoms with Crippen LogP contribution in [0.4, 0.5) is 0 Å². The first-order valence-electron chi connectivity index (χ1n) is 10.7. The van der Waals surface area contributed by atoms with Crippen molar-refractivity contribution in [3.8, 4) is 5.75 Å². The summed E-state index contributed by atoms with van der Waals surface area (Å²) in [5.41, 5.74) is -1.30. The molecule has 1 aliphatic carbocycles. The fraction of sp³-hybridized carbons (Fsp3) is 0.391. The maximum absolute atomic E-state index is 13.4. The van der Waals surface area contributed by atoms with Gasteiger partial charge in [0.15, 0.2) is 11.4 Å². The molecule has 1 fully saturated rings. The monoisotopic (exact) mass is 439 g/mol. The van der Waals surface area contributed by atoms with Crippen LogP contribution in [0.15, 0.2) is 41.3 Å². The first-order valence-corrected chi connectivity index (χ1v) is 10.7. The van der Waals surface area contributed by atoms with E-state index in [0.29, 0.717) is 0 Å². The van der Waals surface area contributed by atoms with E-state index in [9.17, 15) is 29.4 Å². The molecule has 3 N–H and O–H groups in total. The molecule has 1 aliphatic heterocycles. The number of aromatic hydroxyl groups is 1. The summed E-state index contributed by atoms with van der Waals surface area (Å²) in [7, 11) is 0. The number of pyridine rings is 1. The predicted molar refractivity (Wildman–Crippen MR) is 114 cm³/mol. The Kier molecular flexibility index (Phi) is 5.98. The van der Waals surface area contributed by atoms with Gasteiger partial charge in [-0.25, -0.2) is 4.79 Å². The molecule has 2 heterocycles. The standard InChI is InChI=1S/C23H25N3O6/c27-19-16(23(31)32)12-25-13-17(21(29)24-15-9-5-2-6-10-15)26(22(30)18(25)20(19)28)11-14-7-3-1-4-8-14/h1,3-4,7-8,12,15,17,28H,2,5-6,9-11,13H2,(H,24,29)(H,31,32). The Morgan fingerprint density at radius 3 is 2.41 bits per heavy atom. The maximum Gasteiger partial charge on any atom is 0.341 e. The number of nitrogens with one attached hydrogen (secondary N) is 1. The minimum absolute atomic E-state index is 0.0309. The number of benzene rings is 1. The van der Waals surface area contributed by atoms with Gasteiger partial charge in [0.05, 0.1) is 6.54 Å². The lowest BCUT2D eigenvalue weighted by Gasteiger charge is -2.38. The van der Waals surface area contributed by atoms with Gasteiger partial charge >= 0.3 is 5.97 Å². The van der Waals surface area contributed by atoms with Crippen LogP contribution < -0.4 is 10.7 Å². The van der Waals surface area contributed by atoms with Crippen molar-refractivity contribution in [1.82, 2.24) is 14.8 Å². The van der Waals surface area contributed by atoms with Crippen LogP contribution in [0.25, 0.3) is 0 Å². The fourth-order valence-corrected chi connectivity index (χ4v) is 4.46. The summed E-state index contributed by atoms with van der Waals surface area (Å²) in [4.78, 5) is 51.6. The second kappa shape index (κ2) is 8.86. The molecule has 4 rings (SSSR count). The average Bonchev–Trinajstić information content (AvgIpc) is 2.78. The SMILES string of the molecule is O=C(O)c1cn2c(c(O)c1=O)C(=O)N(Cc1ccccc1)C(C(=O)NC1CCCCC1)C2. The first kappa shape index (κ1) is 21.6. The Bertz CT molecular complexity index is 1100. The molecule has 32 heavy (non-hydrogen) atoms. The van der Waals surface area contributed by atoms with E-state index in [1.807, 2.05) is 30.3 Å². The van der Waals surface area contributed by atoms with Gasteiger partial charge in [-0.2, -0.15) is 0 Å². The maximum atomic E-state index is 13.4. The van der Waals surface area contributed by atoms with Gasteiger partial charge in [0, 0.05) is 18.8 Å². The minimum atomic E-state index is -1.51. The van der Waals surface area contributed by atoms with E-state index >= 15 is 0 Å². The van der Waals surface area contributed by atoms with Crippen LogP contribution in [0.5, 0.6) is 5.75 Å². The molecule has 2 amide bonds. The third-order valence-electron chi connectivity index (χ3n) is 6.15. The summed E-state index contributed by atoms with van der Waals surface area (Å²) in [5, 5.41) is 22.7. The number of aromatic carboxylic acids is 1. The van der Waals surface area contributed by atoms with Gasteiger partial charge in [0.2, 0.25) is 11.3 Å². The summed E-state index contributed by atoms with van der Waals surface area (Å²) < 4.78 is 1.20. The number of hydrogen-bond donors (Lipinski definition) is 3. The molecule has 0 saturated heterocycles. The van der Waals surface area contributed by atoms with Crippen molar-refractivity contribution in [3.05, 3.63) is 63.6 Å². The lowest BCUT2D eigenvalue weighted by Crippen LogP contribution is -2.57. The summed E-state index contributed by atoms with van der Waals surface area (Å²) in [5.74, 6) is -3.46. The van der Waals surface area contributed by atoms with E-state index in [-0.39, 0.29) is 30.7 Å². The van der Waals surface area contributed by atoms with Crippen LogP contribution in [-0.2, 0) is 17.9 Å². The highest BCUT2D eigenvalue weighted by Crippen LogP contribution is 2.26. The number of carboxylic acid groups (broad SMARTS) is 1. The topological polar surface area (TPSA) is 129 Å². The van der Waals surface area contributed by atoms with Gasteiger partial charge in [-0.1, -0.05) is 49.6 Å². The van der Waals surface area contributed by atoms with Crippen molar-refractivity contribution in [2.24, 2.45) is 0 Å². The number of rotatable bonds is 5. The van der Waals surface area contributed by atoms with E-state index in [1.54, 1.807) is 0 Å². The van der Waals surface area contributed by atoms with Gasteiger partial charge < -0.3 is 25.0 Å². The Hall–Kier alpha value is -3.62. The number of hydrogen-bond acceptors (Lipinski definition) is 5. The molecule has 0 bridgehead atoms. The zero-order valence-electron chi connectivity index (χ0n) is 17.5. The molecule has 0 spiro atoms. The van der Waals surface area contributed by atoms with Gasteiger partial charge in [0.1, 0.15) is 11.6 Å². The molecule has 9 heteroatoms. The second-order valence-corrected chi connectivity index (χ2v) is 8.30. The number of carbonyl (C=O) groups excluding carboxylic acids is 2. The Balaban J connectivity index is 1.72.